The normalized spacial score (nSPS) is 12.9. The Balaban J connectivity index is 2.63. The fourth-order valence-electron chi connectivity index (χ4n) is 0.794. The fourth-order valence-corrected chi connectivity index (χ4v) is 1.60. The number of rotatable bonds is 3. The molecule has 0 aliphatic heterocycles. The van der Waals surface area contributed by atoms with E-state index in [4.69, 9.17) is 5.73 Å². The quantitative estimate of drug-likeness (QED) is 0.763. The third-order valence-electron chi connectivity index (χ3n) is 1.40. The van der Waals surface area contributed by atoms with Gasteiger partial charge in [0.25, 0.3) is 0 Å². The summed E-state index contributed by atoms with van der Waals surface area (Å²) >= 11 is 1.42. The first-order chi connectivity index (χ1) is 6.09. The molecule has 0 amide bonds. The molecule has 0 heterocycles. The van der Waals surface area contributed by atoms with Crippen molar-refractivity contribution < 1.29 is 8.78 Å². The number of halogens is 2. The highest BCUT2D eigenvalue weighted by Crippen LogP contribution is 2.20. The number of nitrogens with two attached hydrogens (primary N) is 1. The highest BCUT2D eigenvalue weighted by Gasteiger charge is 2.03. The van der Waals surface area contributed by atoms with Gasteiger partial charge in [-0.3, -0.25) is 0 Å². The molecule has 2 N–H and O–H groups in total. The van der Waals surface area contributed by atoms with E-state index in [1.54, 1.807) is 6.07 Å². The molecule has 1 aromatic rings. The van der Waals surface area contributed by atoms with Crippen LogP contribution in [0.3, 0.4) is 0 Å². The lowest BCUT2D eigenvalue weighted by Gasteiger charge is -2.04. The van der Waals surface area contributed by atoms with E-state index in [1.165, 1.54) is 17.8 Å². The zero-order chi connectivity index (χ0) is 9.84. The predicted octanol–water partition coefficient (Wildman–Crippen LogP) is 2.40. The summed E-state index contributed by atoms with van der Waals surface area (Å²) in [5.74, 6) is -0.926. The molecule has 0 aromatic heterocycles. The smallest absolute Gasteiger partial charge is 0.159 e. The van der Waals surface area contributed by atoms with Crippen LogP contribution in [0.5, 0.6) is 0 Å². The summed E-state index contributed by atoms with van der Waals surface area (Å²) in [4.78, 5) is 0.705. The summed E-state index contributed by atoms with van der Waals surface area (Å²) in [6, 6.07) is 3.91. The molecule has 0 saturated carbocycles. The maximum atomic E-state index is 12.7. The topological polar surface area (TPSA) is 26.0 Å². The number of thioether (sulfide) groups is 1. The summed E-state index contributed by atoms with van der Waals surface area (Å²) in [6.45, 7) is 1.87. The van der Waals surface area contributed by atoms with E-state index in [1.807, 2.05) is 6.92 Å². The summed E-state index contributed by atoms with van der Waals surface area (Å²) in [5, 5.41) is 0. The van der Waals surface area contributed by atoms with Crippen molar-refractivity contribution in [2.75, 3.05) is 5.75 Å². The third kappa shape index (κ3) is 3.32. The van der Waals surface area contributed by atoms with Crippen LogP contribution in [0, 0.1) is 11.6 Å². The van der Waals surface area contributed by atoms with Crippen LogP contribution in [0.25, 0.3) is 0 Å². The van der Waals surface area contributed by atoms with Crippen molar-refractivity contribution >= 4 is 11.8 Å². The monoisotopic (exact) mass is 203 g/mol. The molecule has 0 saturated heterocycles. The molecule has 0 aliphatic carbocycles. The minimum Gasteiger partial charge on any atom is -0.327 e. The van der Waals surface area contributed by atoms with Crippen LogP contribution in [0.1, 0.15) is 6.92 Å². The second-order valence-electron chi connectivity index (χ2n) is 2.86. The van der Waals surface area contributed by atoms with Crippen molar-refractivity contribution in [1.29, 1.82) is 0 Å². The first-order valence-electron chi connectivity index (χ1n) is 3.93. The Morgan fingerprint density at radius 2 is 2.08 bits per heavy atom. The Bertz CT molecular complexity index is 289. The zero-order valence-electron chi connectivity index (χ0n) is 7.26. The SMILES string of the molecule is CC(N)CSc1ccc(F)c(F)c1. The lowest BCUT2D eigenvalue weighted by Crippen LogP contribution is -2.17. The van der Waals surface area contributed by atoms with E-state index in [9.17, 15) is 8.78 Å². The molecule has 1 nitrogen and oxygen atoms in total. The van der Waals surface area contributed by atoms with Gasteiger partial charge in [-0.15, -0.1) is 11.8 Å². The largest absolute Gasteiger partial charge is 0.327 e. The van der Waals surface area contributed by atoms with Crippen molar-refractivity contribution in [1.82, 2.24) is 0 Å². The van der Waals surface area contributed by atoms with Gasteiger partial charge in [0, 0.05) is 16.7 Å². The molecule has 0 spiro atoms. The van der Waals surface area contributed by atoms with Crippen molar-refractivity contribution in [3.05, 3.63) is 29.8 Å². The number of hydrogen-bond acceptors (Lipinski definition) is 2. The summed E-state index contributed by atoms with van der Waals surface area (Å²) < 4.78 is 25.2. The van der Waals surface area contributed by atoms with Gasteiger partial charge < -0.3 is 5.73 Å². The average molecular weight is 203 g/mol. The summed E-state index contributed by atoms with van der Waals surface area (Å²) in [6.07, 6.45) is 0. The van der Waals surface area contributed by atoms with Crippen molar-refractivity contribution in [3.8, 4) is 0 Å². The molecule has 4 heteroatoms. The molecule has 1 unspecified atom stereocenters. The van der Waals surface area contributed by atoms with Crippen LogP contribution in [0.4, 0.5) is 8.78 Å². The first kappa shape index (κ1) is 10.5. The first-order valence-corrected chi connectivity index (χ1v) is 4.91. The Morgan fingerprint density at radius 1 is 1.38 bits per heavy atom. The Morgan fingerprint density at radius 3 is 2.62 bits per heavy atom. The van der Waals surface area contributed by atoms with Gasteiger partial charge in [-0.05, 0) is 25.1 Å². The van der Waals surface area contributed by atoms with E-state index in [0.29, 0.717) is 10.6 Å². The van der Waals surface area contributed by atoms with Crippen molar-refractivity contribution in [2.45, 2.75) is 17.9 Å². The molecular weight excluding hydrogens is 192 g/mol. The predicted molar refractivity (Wildman–Crippen MR) is 50.7 cm³/mol. The molecule has 72 valence electrons. The molecule has 0 aliphatic rings. The van der Waals surface area contributed by atoms with E-state index in [-0.39, 0.29) is 6.04 Å². The molecule has 13 heavy (non-hydrogen) atoms. The van der Waals surface area contributed by atoms with Crippen LogP contribution in [0.2, 0.25) is 0 Å². The number of hydrogen-bond donors (Lipinski definition) is 1. The Kier molecular flexibility index (Phi) is 3.69. The molecule has 0 radical (unpaired) electrons. The van der Waals surface area contributed by atoms with Gasteiger partial charge in [0.1, 0.15) is 0 Å². The van der Waals surface area contributed by atoms with E-state index >= 15 is 0 Å². The van der Waals surface area contributed by atoms with Crippen LogP contribution in [-0.2, 0) is 0 Å². The van der Waals surface area contributed by atoms with Crippen LogP contribution >= 0.6 is 11.8 Å². The summed E-state index contributed by atoms with van der Waals surface area (Å²) in [5.41, 5.74) is 5.52. The number of benzene rings is 1. The third-order valence-corrected chi connectivity index (χ3v) is 2.68. The van der Waals surface area contributed by atoms with Crippen LogP contribution < -0.4 is 5.73 Å². The van der Waals surface area contributed by atoms with Crippen LogP contribution in [0.15, 0.2) is 23.1 Å². The van der Waals surface area contributed by atoms with Gasteiger partial charge in [-0.2, -0.15) is 0 Å². The minimum atomic E-state index is -0.815. The van der Waals surface area contributed by atoms with E-state index in [2.05, 4.69) is 0 Å². The maximum absolute atomic E-state index is 12.7. The van der Waals surface area contributed by atoms with Gasteiger partial charge in [0.2, 0.25) is 0 Å². The molecule has 1 aromatic carbocycles. The molecular formula is C9H11F2NS. The Labute approximate surface area is 80.3 Å². The second-order valence-corrected chi connectivity index (χ2v) is 3.96. The van der Waals surface area contributed by atoms with Gasteiger partial charge in [0.05, 0.1) is 0 Å². The molecule has 0 bridgehead atoms. The Hall–Kier alpha value is -0.610. The lowest BCUT2D eigenvalue weighted by atomic mass is 10.3. The van der Waals surface area contributed by atoms with Gasteiger partial charge in [-0.1, -0.05) is 0 Å². The highest BCUT2D eigenvalue weighted by molar-refractivity contribution is 7.99. The minimum absolute atomic E-state index is 0.0538. The summed E-state index contributed by atoms with van der Waals surface area (Å²) in [7, 11) is 0. The van der Waals surface area contributed by atoms with Gasteiger partial charge in [0.15, 0.2) is 11.6 Å². The van der Waals surface area contributed by atoms with Gasteiger partial charge >= 0.3 is 0 Å². The van der Waals surface area contributed by atoms with Gasteiger partial charge in [-0.25, -0.2) is 8.78 Å². The molecule has 1 atom stereocenters. The zero-order valence-corrected chi connectivity index (χ0v) is 8.07. The second kappa shape index (κ2) is 4.58. The average Bonchev–Trinajstić information content (AvgIpc) is 2.07. The van der Waals surface area contributed by atoms with E-state index in [0.717, 1.165) is 6.07 Å². The maximum Gasteiger partial charge on any atom is 0.159 e. The van der Waals surface area contributed by atoms with Crippen molar-refractivity contribution in [2.24, 2.45) is 5.73 Å². The standard InChI is InChI=1S/C9H11F2NS/c1-6(12)5-13-7-2-3-8(10)9(11)4-7/h2-4,6H,5,12H2,1H3. The fraction of sp³-hybridized carbons (Fsp3) is 0.333. The lowest BCUT2D eigenvalue weighted by molar-refractivity contribution is 0.506. The van der Waals surface area contributed by atoms with E-state index < -0.39 is 11.6 Å². The highest BCUT2D eigenvalue weighted by atomic mass is 32.2. The van der Waals surface area contributed by atoms with Crippen LogP contribution in [-0.4, -0.2) is 11.8 Å². The molecule has 0 fully saturated rings. The van der Waals surface area contributed by atoms with Crippen molar-refractivity contribution in [3.63, 3.8) is 0 Å². The molecule has 1 rings (SSSR count).